The normalized spacial score (nSPS) is 11.1. The Morgan fingerprint density at radius 1 is 1.37 bits per heavy atom. The van der Waals surface area contributed by atoms with Gasteiger partial charge in [-0.25, -0.2) is 4.68 Å². The maximum atomic E-state index is 12.3. The van der Waals surface area contributed by atoms with Crippen LogP contribution in [-0.2, 0) is 6.54 Å². The lowest BCUT2D eigenvalue weighted by atomic mass is 10.2. The lowest BCUT2D eigenvalue weighted by Gasteiger charge is -2.04. The molecule has 0 unspecified atom stereocenters. The zero-order valence-corrected chi connectivity index (χ0v) is 11.8. The summed E-state index contributed by atoms with van der Waals surface area (Å²) in [7, 11) is 0. The Hall–Kier alpha value is -1.95. The predicted octanol–water partition coefficient (Wildman–Crippen LogP) is 2.24. The van der Waals surface area contributed by atoms with Crippen molar-refractivity contribution in [2.75, 3.05) is 0 Å². The molecule has 0 amide bonds. The fraction of sp³-hybridized carbons (Fsp3) is 0.154. The van der Waals surface area contributed by atoms with Crippen LogP contribution >= 0.6 is 15.9 Å². The molecule has 3 rings (SSSR count). The van der Waals surface area contributed by atoms with Crippen molar-refractivity contribution < 1.29 is 0 Å². The second kappa shape index (κ2) is 4.62. The highest BCUT2D eigenvalue weighted by Gasteiger charge is 2.06. The molecule has 0 aliphatic carbocycles. The van der Waals surface area contributed by atoms with Crippen molar-refractivity contribution in [3.63, 3.8) is 0 Å². The first-order chi connectivity index (χ1) is 9.13. The van der Waals surface area contributed by atoms with E-state index in [9.17, 15) is 4.79 Å². The maximum absolute atomic E-state index is 12.3. The highest BCUT2D eigenvalue weighted by Crippen LogP contribution is 2.16. The standard InChI is InChI=1S/C13H11BrN4O/c1-8-4-11(17-16-8)7-18-13(19)12-3-2-10(14)5-9(12)6-15-18/h2-6H,7H2,1H3,(H,16,17). The quantitative estimate of drug-likeness (QED) is 0.788. The number of nitrogens with one attached hydrogen (secondary N) is 1. The number of aromatic amines is 1. The second-order valence-electron chi connectivity index (χ2n) is 4.38. The minimum Gasteiger partial charge on any atom is -0.283 e. The molecule has 0 bridgehead atoms. The van der Waals surface area contributed by atoms with E-state index < -0.39 is 0 Å². The Bertz CT molecular complexity index is 806. The Morgan fingerprint density at radius 3 is 2.95 bits per heavy atom. The third kappa shape index (κ3) is 2.31. The number of hydrogen-bond acceptors (Lipinski definition) is 3. The molecule has 0 spiro atoms. The summed E-state index contributed by atoms with van der Waals surface area (Å²) in [5, 5.41) is 12.6. The summed E-state index contributed by atoms with van der Waals surface area (Å²) in [6.45, 7) is 2.29. The first kappa shape index (κ1) is 12.1. The van der Waals surface area contributed by atoms with E-state index in [1.54, 1.807) is 12.3 Å². The molecule has 2 heterocycles. The summed E-state index contributed by atoms with van der Waals surface area (Å²) in [5.74, 6) is 0. The van der Waals surface area contributed by atoms with Gasteiger partial charge in [0.15, 0.2) is 0 Å². The van der Waals surface area contributed by atoms with Gasteiger partial charge in [0.05, 0.1) is 23.8 Å². The number of aryl methyl sites for hydroxylation is 1. The monoisotopic (exact) mass is 318 g/mol. The molecule has 0 aliphatic heterocycles. The summed E-state index contributed by atoms with van der Waals surface area (Å²) in [4.78, 5) is 12.3. The van der Waals surface area contributed by atoms with Gasteiger partial charge in [0.25, 0.3) is 5.56 Å². The van der Waals surface area contributed by atoms with Crippen molar-refractivity contribution in [1.82, 2.24) is 20.0 Å². The molecule has 2 aromatic heterocycles. The number of rotatable bonds is 2. The van der Waals surface area contributed by atoms with Crippen LogP contribution in [0.5, 0.6) is 0 Å². The van der Waals surface area contributed by atoms with Crippen LogP contribution in [0.15, 0.2) is 39.7 Å². The van der Waals surface area contributed by atoms with E-state index in [0.29, 0.717) is 11.9 Å². The van der Waals surface area contributed by atoms with E-state index in [1.807, 2.05) is 25.1 Å². The summed E-state index contributed by atoms with van der Waals surface area (Å²) in [5.41, 5.74) is 1.65. The first-order valence-corrected chi connectivity index (χ1v) is 6.59. The number of benzene rings is 1. The molecule has 0 radical (unpaired) electrons. The van der Waals surface area contributed by atoms with Gasteiger partial charge in [-0.05, 0) is 31.2 Å². The summed E-state index contributed by atoms with van der Waals surface area (Å²) in [6.07, 6.45) is 1.70. The minimum absolute atomic E-state index is 0.106. The van der Waals surface area contributed by atoms with Crippen LogP contribution in [0.3, 0.4) is 0 Å². The van der Waals surface area contributed by atoms with Crippen molar-refractivity contribution in [3.8, 4) is 0 Å². The summed E-state index contributed by atoms with van der Waals surface area (Å²) < 4.78 is 2.35. The van der Waals surface area contributed by atoms with Gasteiger partial charge < -0.3 is 0 Å². The zero-order chi connectivity index (χ0) is 13.4. The van der Waals surface area contributed by atoms with Crippen LogP contribution in [-0.4, -0.2) is 20.0 Å². The first-order valence-electron chi connectivity index (χ1n) is 5.80. The van der Waals surface area contributed by atoms with E-state index in [-0.39, 0.29) is 5.56 Å². The van der Waals surface area contributed by atoms with Crippen LogP contribution in [0.4, 0.5) is 0 Å². The SMILES string of the molecule is Cc1cc(Cn2ncc3cc(Br)ccc3c2=O)n[nH]1. The Morgan fingerprint density at radius 2 is 2.21 bits per heavy atom. The van der Waals surface area contributed by atoms with E-state index in [1.165, 1.54) is 4.68 Å². The molecule has 5 nitrogen and oxygen atoms in total. The molecule has 1 N–H and O–H groups in total. The summed E-state index contributed by atoms with van der Waals surface area (Å²) in [6, 6.07) is 7.44. The van der Waals surface area contributed by atoms with Crippen molar-refractivity contribution in [3.05, 3.63) is 56.7 Å². The molecule has 0 saturated heterocycles. The molecular formula is C13H11BrN4O. The summed E-state index contributed by atoms with van der Waals surface area (Å²) >= 11 is 3.38. The third-order valence-electron chi connectivity index (χ3n) is 2.89. The van der Waals surface area contributed by atoms with E-state index in [4.69, 9.17) is 0 Å². The van der Waals surface area contributed by atoms with E-state index in [2.05, 4.69) is 31.2 Å². The fourth-order valence-corrected chi connectivity index (χ4v) is 2.36. The number of halogens is 1. The zero-order valence-electron chi connectivity index (χ0n) is 10.2. The van der Waals surface area contributed by atoms with Crippen molar-refractivity contribution in [2.45, 2.75) is 13.5 Å². The van der Waals surface area contributed by atoms with Gasteiger partial charge in [0.2, 0.25) is 0 Å². The lowest BCUT2D eigenvalue weighted by Crippen LogP contribution is -2.23. The van der Waals surface area contributed by atoms with Crippen LogP contribution in [0.2, 0.25) is 0 Å². The molecule has 3 aromatic rings. The molecule has 1 aromatic carbocycles. The highest BCUT2D eigenvalue weighted by molar-refractivity contribution is 9.10. The van der Waals surface area contributed by atoms with Crippen LogP contribution < -0.4 is 5.56 Å². The molecule has 0 aliphatic rings. The van der Waals surface area contributed by atoms with E-state index >= 15 is 0 Å². The topological polar surface area (TPSA) is 63.6 Å². The van der Waals surface area contributed by atoms with Gasteiger partial charge in [-0.2, -0.15) is 10.2 Å². The smallest absolute Gasteiger partial charge is 0.274 e. The van der Waals surface area contributed by atoms with Crippen molar-refractivity contribution in [1.29, 1.82) is 0 Å². The van der Waals surface area contributed by atoms with Crippen molar-refractivity contribution >= 4 is 26.7 Å². The van der Waals surface area contributed by atoms with Crippen LogP contribution in [0, 0.1) is 6.92 Å². The largest absolute Gasteiger partial charge is 0.283 e. The Kier molecular flexibility index (Phi) is 2.94. The molecule has 96 valence electrons. The van der Waals surface area contributed by atoms with E-state index in [0.717, 1.165) is 21.2 Å². The third-order valence-corrected chi connectivity index (χ3v) is 3.38. The predicted molar refractivity (Wildman–Crippen MR) is 76.1 cm³/mol. The number of nitrogens with zero attached hydrogens (tertiary/aromatic N) is 3. The number of H-pyrrole nitrogens is 1. The molecule has 19 heavy (non-hydrogen) atoms. The van der Waals surface area contributed by atoms with Gasteiger partial charge in [-0.3, -0.25) is 9.89 Å². The Labute approximate surface area is 117 Å². The average molecular weight is 319 g/mol. The lowest BCUT2D eigenvalue weighted by molar-refractivity contribution is 0.634. The fourth-order valence-electron chi connectivity index (χ4n) is 1.98. The Balaban J connectivity index is 2.08. The minimum atomic E-state index is -0.106. The van der Waals surface area contributed by atoms with Gasteiger partial charge in [-0.15, -0.1) is 0 Å². The molecule has 0 atom stereocenters. The molecule has 0 fully saturated rings. The van der Waals surface area contributed by atoms with Gasteiger partial charge >= 0.3 is 0 Å². The second-order valence-corrected chi connectivity index (χ2v) is 5.30. The maximum Gasteiger partial charge on any atom is 0.274 e. The van der Waals surface area contributed by atoms with Gasteiger partial charge in [-0.1, -0.05) is 15.9 Å². The van der Waals surface area contributed by atoms with Crippen LogP contribution in [0.1, 0.15) is 11.4 Å². The number of hydrogen-bond donors (Lipinski definition) is 1. The molecular weight excluding hydrogens is 308 g/mol. The highest BCUT2D eigenvalue weighted by atomic mass is 79.9. The molecule has 0 saturated carbocycles. The number of fused-ring (bicyclic) bond motifs is 1. The van der Waals surface area contributed by atoms with Gasteiger partial charge in [0, 0.05) is 15.6 Å². The number of aromatic nitrogens is 4. The van der Waals surface area contributed by atoms with Gasteiger partial charge in [0.1, 0.15) is 0 Å². The van der Waals surface area contributed by atoms with Crippen molar-refractivity contribution in [2.24, 2.45) is 0 Å². The molecule has 6 heteroatoms. The average Bonchev–Trinajstić information content (AvgIpc) is 2.78. The van der Waals surface area contributed by atoms with Crippen LogP contribution in [0.25, 0.3) is 10.8 Å².